The number of hydrogen-bond acceptors (Lipinski definition) is 6. The summed E-state index contributed by atoms with van der Waals surface area (Å²) >= 11 is 2.82. The van der Waals surface area contributed by atoms with Crippen molar-refractivity contribution in [1.82, 2.24) is 15.5 Å². The highest BCUT2D eigenvalue weighted by atomic mass is 32.1. The average molecular weight is 372 g/mol. The fourth-order valence-electron chi connectivity index (χ4n) is 2.28. The summed E-state index contributed by atoms with van der Waals surface area (Å²) in [5, 5.41) is 16.8. The Morgan fingerprint density at radius 1 is 1.12 bits per heavy atom. The second-order valence-corrected chi connectivity index (χ2v) is 7.26. The zero-order valence-electron chi connectivity index (χ0n) is 13.4. The molecular formula is C17H16N4O2S2. The van der Waals surface area contributed by atoms with Gasteiger partial charge in [-0.25, -0.2) is 0 Å². The van der Waals surface area contributed by atoms with E-state index in [-0.39, 0.29) is 24.3 Å². The molecule has 6 nitrogen and oxygen atoms in total. The van der Waals surface area contributed by atoms with Gasteiger partial charge in [-0.05, 0) is 11.4 Å². The summed E-state index contributed by atoms with van der Waals surface area (Å²) < 4.78 is 0. The van der Waals surface area contributed by atoms with Gasteiger partial charge in [-0.2, -0.15) is 0 Å². The van der Waals surface area contributed by atoms with Crippen LogP contribution in [0.5, 0.6) is 0 Å². The molecule has 2 amide bonds. The van der Waals surface area contributed by atoms with Crippen molar-refractivity contribution in [2.45, 2.75) is 19.4 Å². The van der Waals surface area contributed by atoms with E-state index in [0.717, 1.165) is 15.4 Å². The van der Waals surface area contributed by atoms with Crippen molar-refractivity contribution >= 4 is 39.6 Å². The standard InChI is InChI=1S/C17H16N4O2S2/c1-11(22)18-13(14-8-5-9-24-14)10-15(23)19-17-21-20-16(25-17)12-6-3-2-4-7-12/h2-9,13H,10H2,1H3,(H,18,22)(H,19,21,23). The first-order chi connectivity index (χ1) is 12.1. The SMILES string of the molecule is CC(=O)NC(CC(=O)Nc1nnc(-c2ccccc2)s1)c1cccs1. The number of carbonyl (C=O) groups excluding carboxylic acids is 2. The highest BCUT2D eigenvalue weighted by Crippen LogP contribution is 2.27. The van der Waals surface area contributed by atoms with E-state index >= 15 is 0 Å². The summed E-state index contributed by atoms with van der Waals surface area (Å²) in [7, 11) is 0. The number of nitrogens with one attached hydrogen (secondary N) is 2. The number of thiophene rings is 1. The first-order valence-electron chi connectivity index (χ1n) is 7.61. The summed E-state index contributed by atoms with van der Waals surface area (Å²) in [5.74, 6) is -0.392. The third kappa shape index (κ3) is 4.71. The van der Waals surface area contributed by atoms with E-state index in [0.29, 0.717) is 5.13 Å². The Morgan fingerprint density at radius 2 is 1.92 bits per heavy atom. The average Bonchev–Trinajstić information content (AvgIpc) is 3.26. The molecule has 128 valence electrons. The van der Waals surface area contributed by atoms with E-state index in [4.69, 9.17) is 0 Å². The van der Waals surface area contributed by atoms with Gasteiger partial charge >= 0.3 is 0 Å². The fourth-order valence-corrected chi connectivity index (χ4v) is 3.83. The summed E-state index contributed by atoms with van der Waals surface area (Å²) in [6.07, 6.45) is 0.139. The molecule has 25 heavy (non-hydrogen) atoms. The monoisotopic (exact) mass is 372 g/mol. The Bertz CT molecular complexity index is 847. The molecule has 0 radical (unpaired) electrons. The van der Waals surface area contributed by atoms with Gasteiger partial charge in [-0.15, -0.1) is 21.5 Å². The van der Waals surface area contributed by atoms with Gasteiger partial charge in [0.2, 0.25) is 16.9 Å². The number of aromatic nitrogens is 2. The third-order valence-electron chi connectivity index (χ3n) is 3.35. The number of rotatable bonds is 6. The number of carbonyl (C=O) groups is 2. The highest BCUT2D eigenvalue weighted by molar-refractivity contribution is 7.18. The topological polar surface area (TPSA) is 84.0 Å². The van der Waals surface area contributed by atoms with Crippen molar-refractivity contribution in [3.63, 3.8) is 0 Å². The molecule has 8 heteroatoms. The van der Waals surface area contributed by atoms with Crippen LogP contribution in [-0.2, 0) is 9.59 Å². The highest BCUT2D eigenvalue weighted by Gasteiger charge is 2.19. The Balaban J connectivity index is 1.65. The van der Waals surface area contributed by atoms with Crippen LogP contribution in [0.1, 0.15) is 24.3 Å². The molecule has 0 aliphatic heterocycles. The van der Waals surface area contributed by atoms with E-state index in [1.54, 1.807) is 0 Å². The lowest BCUT2D eigenvalue weighted by Crippen LogP contribution is -2.29. The van der Waals surface area contributed by atoms with Crippen molar-refractivity contribution < 1.29 is 9.59 Å². The Kier molecular flexibility index (Phi) is 5.52. The lowest BCUT2D eigenvalue weighted by molar-refractivity contribution is -0.120. The maximum atomic E-state index is 12.3. The van der Waals surface area contributed by atoms with Gasteiger partial charge in [0.1, 0.15) is 5.01 Å². The molecule has 1 unspecified atom stereocenters. The van der Waals surface area contributed by atoms with Crippen molar-refractivity contribution in [3.05, 3.63) is 52.7 Å². The van der Waals surface area contributed by atoms with Crippen LogP contribution in [0.25, 0.3) is 10.6 Å². The first-order valence-corrected chi connectivity index (χ1v) is 9.30. The summed E-state index contributed by atoms with van der Waals surface area (Å²) in [5.41, 5.74) is 0.954. The zero-order chi connectivity index (χ0) is 17.6. The molecule has 0 bridgehead atoms. The Labute approximate surface area is 152 Å². The second-order valence-electron chi connectivity index (χ2n) is 5.30. The minimum atomic E-state index is -0.348. The molecule has 0 saturated heterocycles. The van der Waals surface area contributed by atoms with Crippen LogP contribution >= 0.6 is 22.7 Å². The number of amides is 2. The number of nitrogens with zero attached hydrogens (tertiary/aromatic N) is 2. The second kappa shape index (κ2) is 8.00. The Hall–Kier alpha value is -2.58. The lowest BCUT2D eigenvalue weighted by Gasteiger charge is -2.15. The van der Waals surface area contributed by atoms with Crippen LogP contribution in [-0.4, -0.2) is 22.0 Å². The van der Waals surface area contributed by atoms with Crippen LogP contribution in [0.2, 0.25) is 0 Å². The molecule has 0 aliphatic carbocycles. The smallest absolute Gasteiger partial charge is 0.228 e. The predicted octanol–water partition coefficient (Wildman–Crippen LogP) is 3.47. The summed E-state index contributed by atoms with van der Waals surface area (Å²) in [4.78, 5) is 24.7. The molecule has 3 rings (SSSR count). The van der Waals surface area contributed by atoms with Gasteiger partial charge in [0, 0.05) is 17.4 Å². The van der Waals surface area contributed by atoms with Crippen molar-refractivity contribution in [1.29, 1.82) is 0 Å². The number of benzene rings is 1. The zero-order valence-corrected chi connectivity index (χ0v) is 15.1. The normalized spacial score (nSPS) is 11.7. The molecule has 2 aromatic heterocycles. The molecule has 1 aromatic carbocycles. The van der Waals surface area contributed by atoms with Gasteiger partial charge in [-0.1, -0.05) is 47.7 Å². The molecule has 0 spiro atoms. The molecule has 1 atom stereocenters. The predicted molar refractivity (Wildman–Crippen MR) is 99.5 cm³/mol. The quantitative estimate of drug-likeness (QED) is 0.694. The lowest BCUT2D eigenvalue weighted by atomic mass is 10.1. The van der Waals surface area contributed by atoms with Crippen LogP contribution in [0.15, 0.2) is 47.8 Å². The van der Waals surface area contributed by atoms with Crippen LogP contribution in [0.4, 0.5) is 5.13 Å². The largest absolute Gasteiger partial charge is 0.348 e. The van der Waals surface area contributed by atoms with Gasteiger partial charge in [0.25, 0.3) is 0 Å². The molecular weight excluding hydrogens is 356 g/mol. The minimum Gasteiger partial charge on any atom is -0.348 e. The molecule has 0 aliphatic rings. The van der Waals surface area contributed by atoms with Crippen molar-refractivity contribution in [2.24, 2.45) is 0 Å². The van der Waals surface area contributed by atoms with Gasteiger partial charge in [0.15, 0.2) is 0 Å². The maximum absolute atomic E-state index is 12.3. The van der Waals surface area contributed by atoms with E-state index in [2.05, 4.69) is 20.8 Å². The maximum Gasteiger partial charge on any atom is 0.228 e. The number of anilines is 1. The van der Waals surface area contributed by atoms with E-state index in [1.165, 1.54) is 29.6 Å². The first kappa shape index (κ1) is 17.2. The summed E-state index contributed by atoms with van der Waals surface area (Å²) in [6, 6.07) is 13.1. The molecule has 2 N–H and O–H groups in total. The fraction of sp³-hybridized carbons (Fsp3) is 0.176. The minimum absolute atomic E-state index is 0.139. The van der Waals surface area contributed by atoms with Gasteiger partial charge in [-0.3, -0.25) is 9.59 Å². The van der Waals surface area contributed by atoms with E-state index in [9.17, 15) is 9.59 Å². The van der Waals surface area contributed by atoms with E-state index in [1.807, 2.05) is 47.8 Å². The van der Waals surface area contributed by atoms with Crippen LogP contribution < -0.4 is 10.6 Å². The molecule has 2 heterocycles. The van der Waals surface area contributed by atoms with Crippen LogP contribution in [0, 0.1) is 0 Å². The van der Waals surface area contributed by atoms with Gasteiger partial charge < -0.3 is 10.6 Å². The molecule has 0 saturated carbocycles. The van der Waals surface area contributed by atoms with Crippen molar-refractivity contribution in [3.8, 4) is 10.6 Å². The molecule has 0 fully saturated rings. The Morgan fingerprint density at radius 3 is 2.60 bits per heavy atom. The van der Waals surface area contributed by atoms with Crippen molar-refractivity contribution in [2.75, 3.05) is 5.32 Å². The van der Waals surface area contributed by atoms with Gasteiger partial charge in [0.05, 0.1) is 12.5 Å². The third-order valence-corrected chi connectivity index (χ3v) is 5.22. The molecule has 3 aromatic rings. The van der Waals surface area contributed by atoms with Crippen LogP contribution in [0.3, 0.4) is 0 Å². The van der Waals surface area contributed by atoms with E-state index < -0.39 is 0 Å². The summed E-state index contributed by atoms with van der Waals surface area (Å²) in [6.45, 7) is 1.44. The number of hydrogen-bond donors (Lipinski definition) is 2.